The summed E-state index contributed by atoms with van der Waals surface area (Å²) in [6.45, 7) is 2.05. The topological polar surface area (TPSA) is 45.0 Å². The largest absolute Gasteiger partial charge is 0.492 e. The lowest BCUT2D eigenvalue weighted by Gasteiger charge is -2.09. The van der Waals surface area contributed by atoms with Crippen molar-refractivity contribution in [3.63, 3.8) is 0 Å². The van der Waals surface area contributed by atoms with Crippen molar-refractivity contribution in [3.05, 3.63) is 65.5 Å². The summed E-state index contributed by atoms with van der Waals surface area (Å²) in [5, 5.41) is 12.2. The molecule has 3 nitrogen and oxygen atoms in total. The Hall–Kier alpha value is -2.38. The summed E-state index contributed by atoms with van der Waals surface area (Å²) in [5.41, 5.74) is 1.20. The van der Waals surface area contributed by atoms with Crippen LogP contribution in [-0.2, 0) is 6.54 Å². The fourth-order valence-electron chi connectivity index (χ4n) is 1.94. The zero-order chi connectivity index (χ0) is 14.9. The minimum atomic E-state index is -0.544. The van der Waals surface area contributed by atoms with Crippen LogP contribution in [0.3, 0.4) is 0 Å². The molecule has 0 unspecified atom stereocenters. The van der Waals surface area contributed by atoms with E-state index in [0.717, 1.165) is 19.5 Å². The predicted molar refractivity (Wildman–Crippen MR) is 79.4 cm³/mol. The molecule has 108 valence electrons. The van der Waals surface area contributed by atoms with Gasteiger partial charge in [0.15, 0.2) is 0 Å². The number of nitrogens with zero attached hydrogens (tertiary/aromatic N) is 1. The summed E-state index contributed by atoms with van der Waals surface area (Å²) >= 11 is 0. The van der Waals surface area contributed by atoms with Crippen LogP contribution >= 0.6 is 0 Å². The Morgan fingerprint density at radius 3 is 2.67 bits per heavy atom. The molecule has 0 aliphatic carbocycles. The third-order valence-electron chi connectivity index (χ3n) is 3.01. The van der Waals surface area contributed by atoms with Gasteiger partial charge in [0.2, 0.25) is 0 Å². The van der Waals surface area contributed by atoms with Gasteiger partial charge in [-0.05, 0) is 30.7 Å². The first-order valence-electron chi connectivity index (χ1n) is 6.87. The standard InChI is InChI=1S/C17H17FN2O/c18-16-8-4-9-17(15(16)12-19)21-11-5-10-20-13-14-6-2-1-3-7-14/h1-4,6-9,20H,5,10-11,13H2. The molecule has 2 aromatic carbocycles. The summed E-state index contributed by atoms with van der Waals surface area (Å²) in [6.07, 6.45) is 0.786. The fraction of sp³-hybridized carbons (Fsp3) is 0.235. The Kier molecular flexibility index (Phi) is 5.74. The van der Waals surface area contributed by atoms with Crippen LogP contribution in [-0.4, -0.2) is 13.2 Å². The molecule has 0 saturated carbocycles. The first-order chi connectivity index (χ1) is 10.3. The van der Waals surface area contributed by atoms with Gasteiger partial charge in [-0.25, -0.2) is 4.39 Å². The predicted octanol–water partition coefficient (Wildman–Crippen LogP) is 3.26. The van der Waals surface area contributed by atoms with E-state index in [0.29, 0.717) is 12.4 Å². The van der Waals surface area contributed by atoms with Crippen molar-refractivity contribution < 1.29 is 9.13 Å². The lowest BCUT2D eigenvalue weighted by Crippen LogP contribution is -2.17. The SMILES string of the molecule is N#Cc1c(F)cccc1OCCCNCc1ccccc1. The van der Waals surface area contributed by atoms with E-state index in [1.807, 2.05) is 24.3 Å². The highest BCUT2D eigenvalue weighted by Gasteiger charge is 2.08. The molecule has 2 aromatic rings. The van der Waals surface area contributed by atoms with Crippen LogP contribution < -0.4 is 10.1 Å². The zero-order valence-electron chi connectivity index (χ0n) is 11.7. The Morgan fingerprint density at radius 1 is 1.10 bits per heavy atom. The number of nitrogens with one attached hydrogen (secondary N) is 1. The Labute approximate surface area is 124 Å². The molecule has 0 heterocycles. The molecule has 4 heteroatoms. The Balaban J connectivity index is 1.69. The van der Waals surface area contributed by atoms with Gasteiger partial charge in [0.1, 0.15) is 23.2 Å². The summed E-state index contributed by atoms with van der Waals surface area (Å²) in [5.74, 6) is -0.238. The minimum absolute atomic E-state index is 0.0326. The van der Waals surface area contributed by atoms with Gasteiger partial charge in [-0.15, -0.1) is 0 Å². The van der Waals surface area contributed by atoms with Crippen molar-refractivity contribution in [1.29, 1.82) is 5.26 Å². The number of hydrogen-bond acceptors (Lipinski definition) is 3. The van der Waals surface area contributed by atoms with Gasteiger partial charge in [-0.2, -0.15) is 5.26 Å². The van der Waals surface area contributed by atoms with Crippen molar-refractivity contribution in [2.45, 2.75) is 13.0 Å². The molecule has 0 atom stereocenters. The van der Waals surface area contributed by atoms with E-state index in [1.165, 1.54) is 11.6 Å². The maximum Gasteiger partial charge on any atom is 0.144 e. The maximum atomic E-state index is 13.4. The highest BCUT2D eigenvalue weighted by atomic mass is 19.1. The monoisotopic (exact) mass is 284 g/mol. The lowest BCUT2D eigenvalue weighted by atomic mass is 10.2. The summed E-state index contributed by atoms with van der Waals surface area (Å²) in [4.78, 5) is 0. The smallest absolute Gasteiger partial charge is 0.144 e. The van der Waals surface area contributed by atoms with E-state index in [2.05, 4.69) is 17.4 Å². The molecule has 21 heavy (non-hydrogen) atoms. The summed E-state index contributed by atoms with van der Waals surface area (Å²) in [6, 6.07) is 16.4. The minimum Gasteiger partial charge on any atom is -0.492 e. The van der Waals surface area contributed by atoms with Crippen LogP contribution in [0.25, 0.3) is 0 Å². The van der Waals surface area contributed by atoms with Crippen LogP contribution in [0.15, 0.2) is 48.5 Å². The quantitative estimate of drug-likeness (QED) is 0.794. The molecule has 1 N–H and O–H groups in total. The Morgan fingerprint density at radius 2 is 1.90 bits per heavy atom. The van der Waals surface area contributed by atoms with Crippen molar-refractivity contribution in [1.82, 2.24) is 5.32 Å². The first-order valence-corrected chi connectivity index (χ1v) is 6.87. The summed E-state index contributed by atoms with van der Waals surface area (Å²) in [7, 11) is 0. The number of rotatable bonds is 7. The van der Waals surface area contributed by atoms with Crippen LogP contribution in [0.5, 0.6) is 5.75 Å². The van der Waals surface area contributed by atoms with Gasteiger partial charge < -0.3 is 10.1 Å². The first kappa shape index (κ1) is 15.0. The molecule has 2 rings (SSSR count). The van der Waals surface area contributed by atoms with Crippen LogP contribution in [0.1, 0.15) is 17.5 Å². The van der Waals surface area contributed by atoms with Gasteiger partial charge in [-0.3, -0.25) is 0 Å². The highest BCUT2D eigenvalue weighted by molar-refractivity contribution is 5.43. The third-order valence-corrected chi connectivity index (χ3v) is 3.01. The number of hydrogen-bond donors (Lipinski definition) is 1. The summed E-state index contributed by atoms with van der Waals surface area (Å²) < 4.78 is 18.8. The average molecular weight is 284 g/mol. The van der Waals surface area contributed by atoms with E-state index in [-0.39, 0.29) is 5.56 Å². The van der Waals surface area contributed by atoms with Gasteiger partial charge in [0.25, 0.3) is 0 Å². The second-order valence-corrected chi connectivity index (χ2v) is 4.59. The highest BCUT2D eigenvalue weighted by Crippen LogP contribution is 2.20. The van der Waals surface area contributed by atoms with Gasteiger partial charge in [-0.1, -0.05) is 36.4 Å². The molecule has 0 aliphatic rings. The van der Waals surface area contributed by atoms with E-state index >= 15 is 0 Å². The van der Waals surface area contributed by atoms with Gasteiger partial charge in [0.05, 0.1) is 6.61 Å². The second-order valence-electron chi connectivity index (χ2n) is 4.59. The molecule has 0 bridgehead atoms. The van der Waals surface area contributed by atoms with Crippen molar-refractivity contribution in [3.8, 4) is 11.8 Å². The van der Waals surface area contributed by atoms with Crippen LogP contribution in [0.2, 0.25) is 0 Å². The number of ether oxygens (including phenoxy) is 1. The molecule has 0 radical (unpaired) electrons. The molecular weight excluding hydrogens is 267 g/mol. The molecule has 0 amide bonds. The van der Waals surface area contributed by atoms with E-state index in [4.69, 9.17) is 10.00 Å². The molecular formula is C17H17FN2O. The second kappa shape index (κ2) is 8.03. The van der Waals surface area contributed by atoms with Gasteiger partial charge in [0, 0.05) is 6.54 Å². The Bertz CT molecular complexity index is 608. The molecule has 0 aromatic heterocycles. The van der Waals surface area contributed by atoms with Crippen molar-refractivity contribution >= 4 is 0 Å². The maximum absolute atomic E-state index is 13.4. The number of nitriles is 1. The zero-order valence-corrected chi connectivity index (χ0v) is 11.7. The van der Waals surface area contributed by atoms with Crippen LogP contribution in [0.4, 0.5) is 4.39 Å². The average Bonchev–Trinajstić information content (AvgIpc) is 2.52. The van der Waals surface area contributed by atoms with E-state index in [9.17, 15) is 4.39 Å². The molecule has 0 spiro atoms. The molecule has 0 fully saturated rings. The van der Waals surface area contributed by atoms with Gasteiger partial charge >= 0.3 is 0 Å². The van der Waals surface area contributed by atoms with Crippen LogP contribution in [0, 0.1) is 17.1 Å². The number of halogens is 1. The third kappa shape index (κ3) is 4.59. The van der Waals surface area contributed by atoms with Crippen molar-refractivity contribution in [2.75, 3.05) is 13.2 Å². The number of benzene rings is 2. The normalized spacial score (nSPS) is 10.1. The van der Waals surface area contributed by atoms with E-state index in [1.54, 1.807) is 12.1 Å². The fourth-order valence-corrected chi connectivity index (χ4v) is 1.94. The van der Waals surface area contributed by atoms with Crippen molar-refractivity contribution in [2.24, 2.45) is 0 Å². The molecule has 0 aliphatic heterocycles. The molecule has 0 saturated heterocycles. The van der Waals surface area contributed by atoms with E-state index < -0.39 is 5.82 Å². The lowest BCUT2D eigenvalue weighted by molar-refractivity contribution is 0.305.